The number of hydrogen-bond acceptors (Lipinski definition) is 4. The molecule has 35 heavy (non-hydrogen) atoms. The molecule has 0 aromatic heterocycles. The van der Waals surface area contributed by atoms with Crippen LogP contribution in [0.15, 0.2) is 101 Å². The Labute approximate surface area is 210 Å². The van der Waals surface area contributed by atoms with Crippen LogP contribution in [0.3, 0.4) is 0 Å². The Morgan fingerprint density at radius 3 is 2.60 bits per heavy atom. The third-order valence-corrected chi connectivity index (χ3v) is 7.91. The normalized spacial score (nSPS) is 19.6. The lowest BCUT2D eigenvalue weighted by Crippen LogP contribution is -2.27. The molecule has 0 saturated carbocycles. The second kappa shape index (κ2) is 10.4. The molecule has 0 saturated heterocycles. The number of aryl methyl sites for hydroxylation is 1. The number of ether oxygens (including phenoxy) is 1. The Kier molecular flexibility index (Phi) is 6.87. The third-order valence-electron chi connectivity index (χ3n) is 6.70. The van der Waals surface area contributed by atoms with E-state index in [4.69, 9.17) is 4.74 Å². The second-order valence-corrected chi connectivity index (χ2v) is 10.0. The molecule has 5 rings (SSSR count). The number of amides is 1. The molecule has 2 aliphatic rings. The van der Waals surface area contributed by atoms with Gasteiger partial charge in [0.2, 0.25) is 0 Å². The molecule has 0 spiro atoms. The molecular weight excluding hydrogens is 454 g/mol. The lowest BCUT2D eigenvalue weighted by atomic mass is 9.84. The fourth-order valence-corrected chi connectivity index (χ4v) is 6.02. The van der Waals surface area contributed by atoms with Crippen molar-refractivity contribution in [2.45, 2.75) is 35.1 Å². The molecule has 0 heterocycles. The van der Waals surface area contributed by atoms with Gasteiger partial charge in [-0.1, -0.05) is 96.2 Å². The molecule has 0 bridgehead atoms. The number of nitrogens with one attached hydrogen (secondary N) is 1. The first-order valence-corrected chi connectivity index (χ1v) is 12.6. The van der Waals surface area contributed by atoms with E-state index in [0.29, 0.717) is 30.6 Å². The number of allylic oxidation sites excluding steroid dienone is 4. The van der Waals surface area contributed by atoms with Gasteiger partial charge in [-0.3, -0.25) is 4.79 Å². The molecule has 3 aromatic carbocycles. The summed E-state index contributed by atoms with van der Waals surface area (Å²) in [5, 5.41) is 2.92. The van der Waals surface area contributed by atoms with E-state index in [0.717, 1.165) is 27.2 Å². The van der Waals surface area contributed by atoms with Gasteiger partial charge >= 0.3 is 6.09 Å². The molecule has 3 unspecified atom stereocenters. The number of rotatable bonds is 7. The summed E-state index contributed by atoms with van der Waals surface area (Å²) in [7, 11) is 0. The molecule has 4 nitrogen and oxygen atoms in total. The van der Waals surface area contributed by atoms with Gasteiger partial charge in [0.1, 0.15) is 6.61 Å². The Balaban J connectivity index is 1.24. The van der Waals surface area contributed by atoms with Crippen LogP contribution in [-0.4, -0.2) is 19.0 Å². The summed E-state index contributed by atoms with van der Waals surface area (Å²) in [5.74, 6) is 0.796. The minimum Gasteiger partial charge on any atom is -0.449 e. The lowest BCUT2D eigenvalue weighted by molar-refractivity contribution is 0.112. The maximum absolute atomic E-state index is 12.7. The van der Waals surface area contributed by atoms with Gasteiger partial charge in [0.25, 0.3) is 0 Å². The highest BCUT2D eigenvalue weighted by atomic mass is 32.2. The Morgan fingerprint density at radius 1 is 0.971 bits per heavy atom. The van der Waals surface area contributed by atoms with Gasteiger partial charge < -0.3 is 10.1 Å². The van der Waals surface area contributed by atoms with Crippen molar-refractivity contribution in [1.29, 1.82) is 0 Å². The quantitative estimate of drug-likeness (QED) is 0.377. The summed E-state index contributed by atoms with van der Waals surface area (Å²) in [6.07, 6.45) is 9.09. The average Bonchev–Trinajstić information content (AvgIpc) is 3.21. The van der Waals surface area contributed by atoms with Gasteiger partial charge in [-0.25, -0.2) is 4.79 Å². The number of benzene rings is 3. The number of hydrogen-bond donors (Lipinski definition) is 1. The molecule has 1 N–H and O–H groups in total. The predicted molar refractivity (Wildman–Crippen MR) is 139 cm³/mol. The topological polar surface area (TPSA) is 55.4 Å². The Morgan fingerprint density at radius 2 is 1.74 bits per heavy atom. The highest BCUT2D eigenvalue weighted by Gasteiger charge is 2.39. The van der Waals surface area contributed by atoms with Crippen molar-refractivity contribution < 1.29 is 14.3 Å². The van der Waals surface area contributed by atoms with Gasteiger partial charge in [-0.2, -0.15) is 0 Å². The number of alkyl carbamates (subject to hydrolysis) is 1. The van der Waals surface area contributed by atoms with E-state index in [1.54, 1.807) is 0 Å². The average molecular weight is 482 g/mol. The fraction of sp³-hybridized carbons (Fsp3) is 0.200. The first-order chi connectivity index (χ1) is 17.1. The summed E-state index contributed by atoms with van der Waals surface area (Å²) >= 11 is 1.53. The van der Waals surface area contributed by atoms with E-state index in [1.807, 2.05) is 43.3 Å². The molecule has 1 amide bonds. The van der Waals surface area contributed by atoms with E-state index in [9.17, 15) is 9.59 Å². The van der Waals surface area contributed by atoms with Gasteiger partial charge in [-0.05, 0) is 41.7 Å². The lowest BCUT2D eigenvalue weighted by Gasteiger charge is -2.22. The summed E-state index contributed by atoms with van der Waals surface area (Å²) in [6, 6.07) is 22.1. The SMILES string of the molecule is Cc1ccc(Sc2ccccc2C=O)c(CNC(=O)OCC2c3ccccc3C3C=CC=CC32)c1. The van der Waals surface area contributed by atoms with Crippen molar-refractivity contribution in [2.75, 3.05) is 6.61 Å². The van der Waals surface area contributed by atoms with Crippen molar-refractivity contribution in [1.82, 2.24) is 5.32 Å². The van der Waals surface area contributed by atoms with Crippen molar-refractivity contribution in [3.05, 3.63) is 119 Å². The molecule has 0 fully saturated rings. The predicted octanol–water partition coefficient (Wildman–Crippen LogP) is 6.81. The smallest absolute Gasteiger partial charge is 0.407 e. The van der Waals surface area contributed by atoms with Gasteiger partial charge in [0.15, 0.2) is 6.29 Å². The zero-order chi connectivity index (χ0) is 24.2. The maximum atomic E-state index is 12.7. The van der Waals surface area contributed by atoms with E-state index in [2.05, 4.69) is 60.0 Å². The zero-order valence-corrected chi connectivity index (χ0v) is 20.3. The van der Waals surface area contributed by atoms with Crippen LogP contribution in [0.4, 0.5) is 4.79 Å². The van der Waals surface area contributed by atoms with E-state index in [1.165, 1.54) is 22.9 Å². The van der Waals surface area contributed by atoms with Crippen LogP contribution in [-0.2, 0) is 11.3 Å². The fourth-order valence-electron chi connectivity index (χ4n) is 5.00. The zero-order valence-electron chi connectivity index (χ0n) is 19.5. The van der Waals surface area contributed by atoms with Crippen molar-refractivity contribution in [3.63, 3.8) is 0 Å². The van der Waals surface area contributed by atoms with Crippen LogP contribution in [0.2, 0.25) is 0 Å². The first kappa shape index (κ1) is 23.2. The van der Waals surface area contributed by atoms with Gasteiger partial charge in [0.05, 0.1) is 0 Å². The summed E-state index contributed by atoms with van der Waals surface area (Å²) in [5.41, 5.74) is 5.33. The van der Waals surface area contributed by atoms with Gasteiger partial charge in [0, 0.05) is 33.7 Å². The van der Waals surface area contributed by atoms with E-state index >= 15 is 0 Å². The maximum Gasteiger partial charge on any atom is 0.407 e. The van der Waals surface area contributed by atoms with Crippen molar-refractivity contribution in [2.24, 2.45) is 5.92 Å². The van der Waals surface area contributed by atoms with Crippen LogP contribution >= 0.6 is 11.8 Å². The minimum atomic E-state index is -0.424. The molecule has 0 radical (unpaired) electrons. The third kappa shape index (κ3) is 4.96. The van der Waals surface area contributed by atoms with Crippen LogP contribution < -0.4 is 5.32 Å². The number of aldehydes is 1. The molecule has 176 valence electrons. The molecule has 3 atom stereocenters. The first-order valence-electron chi connectivity index (χ1n) is 11.8. The standard InChI is InChI=1S/C30H27NO3S/c1-20-14-15-29(35-28-13-7-2-8-21(28)18-32)22(16-20)17-31-30(33)34-19-27-25-11-5-3-9-23(25)24-10-4-6-12-26(24)27/h2-16,18,23,25,27H,17,19H2,1H3,(H,31,33). The Hall–Kier alpha value is -3.57. The number of carbonyl (C=O) groups excluding carboxylic acids is 2. The van der Waals surface area contributed by atoms with E-state index in [-0.39, 0.29) is 5.92 Å². The molecular formula is C30H27NO3S. The van der Waals surface area contributed by atoms with Crippen LogP contribution in [0.1, 0.15) is 44.4 Å². The minimum absolute atomic E-state index is 0.146. The monoisotopic (exact) mass is 481 g/mol. The molecule has 5 heteroatoms. The highest BCUT2D eigenvalue weighted by Crippen LogP contribution is 2.49. The molecule has 3 aromatic rings. The summed E-state index contributed by atoms with van der Waals surface area (Å²) in [6.45, 7) is 2.71. The summed E-state index contributed by atoms with van der Waals surface area (Å²) in [4.78, 5) is 26.0. The molecule has 0 aliphatic heterocycles. The summed E-state index contributed by atoms with van der Waals surface area (Å²) < 4.78 is 5.72. The largest absolute Gasteiger partial charge is 0.449 e. The molecule has 2 aliphatic carbocycles. The van der Waals surface area contributed by atoms with Crippen molar-refractivity contribution >= 4 is 24.1 Å². The van der Waals surface area contributed by atoms with Crippen LogP contribution in [0.5, 0.6) is 0 Å². The van der Waals surface area contributed by atoms with Crippen LogP contribution in [0.25, 0.3) is 0 Å². The van der Waals surface area contributed by atoms with Crippen LogP contribution in [0, 0.1) is 12.8 Å². The highest BCUT2D eigenvalue weighted by molar-refractivity contribution is 7.99. The second-order valence-electron chi connectivity index (χ2n) is 8.93. The number of fused-ring (bicyclic) bond motifs is 3. The van der Waals surface area contributed by atoms with Crippen molar-refractivity contribution in [3.8, 4) is 0 Å². The number of carbonyl (C=O) groups is 2. The Bertz CT molecular complexity index is 1310. The van der Waals surface area contributed by atoms with E-state index < -0.39 is 6.09 Å². The van der Waals surface area contributed by atoms with Gasteiger partial charge in [-0.15, -0.1) is 0 Å².